The molecule has 9 nitrogen and oxygen atoms in total. The highest BCUT2D eigenvalue weighted by atomic mass is 16.5. The predicted octanol–water partition coefficient (Wildman–Crippen LogP) is 4.79. The standard InChI is InChI=1S/C28H34N4O5/c1-6-28(3,4)30-27(35)26(20-12-14-22(36-5)15-13-20)32(21-10-8-7-9-11-21)25(34)17-16-24(33)29-23-18-19(2)37-31-23/h7-15,18,26H,6,16-17H2,1-5H3,(H,30,35)(H,29,31,33). The average Bonchev–Trinajstić information content (AvgIpc) is 3.30. The van der Waals surface area contributed by atoms with Crippen molar-refractivity contribution in [3.8, 4) is 5.75 Å². The first-order valence-corrected chi connectivity index (χ1v) is 12.2. The number of rotatable bonds is 11. The molecule has 0 aliphatic carbocycles. The van der Waals surface area contributed by atoms with Crippen LogP contribution in [0.4, 0.5) is 11.5 Å². The zero-order chi connectivity index (χ0) is 27.0. The summed E-state index contributed by atoms with van der Waals surface area (Å²) in [5.74, 6) is 0.401. The minimum absolute atomic E-state index is 0.0918. The van der Waals surface area contributed by atoms with E-state index in [-0.39, 0.29) is 36.4 Å². The summed E-state index contributed by atoms with van der Waals surface area (Å²) in [5.41, 5.74) is 0.679. The Hall–Kier alpha value is -4.14. The number of methoxy groups -OCH3 is 1. The third-order valence-corrected chi connectivity index (χ3v) is 6.05. The molecule has 0 aliphatic rings. The molecule has 0 radical (unpaired) electrons. The van der Waals surface area contributed by atoms with Crippen molar-refractivity contribution < 1.29 is 23.6 Å². The van der Waals surface area contributed by atoms with Gasteiger partial charge in [0.1, 0.15) is 17.6 Å². The number of carbonyl (C=O) groups is 3. The van der Waals surface area contributed by atoms with Gasteiger partial charge in [-0.15, -0.1) is 0 Å². The van der Waals surface area contributed by atoms with Gasteiger partial charge in [-0.1, -0.05) is 42.4 Å². The Morgan fingerprint density at radius 3 is 2.30 bits per heavy atom. The third-order valence-electron chi connectivity index (χ3n) is 6.05. The Balaban J connectivity index is 1.93. The number of hydrogen-bond donors (Lipinski definition) is 2. The van der Waals surface area contributed by atoms with E-state index in [4.69, 9.17) is 9.26 Å². The molecule has 0 bridgehead atoms. The first-order chi connectivity index (χ1) is 17.6. The summed E-state index contributed by atoms with van der Waals surface area (Å²) in [6.45, 7) is 7.56. The highest BCUT2D eigenvalue weighted by Gasteiger charge is 2.35. The summed E-state index contributed by atoms with van der Waals surface area (Å²) in [5, 5.41) is 9.45. The summed E-state index contributed by atoms with van der Waals surface area (Å²) in [6.07, 6.45) is 0.495. The monoisotopic (exact) mass is 506 g/mol. The van der Waals surface area contributed by atoms with Crippen molar-refractivity contribution in [1.82, 2.24) is 10.5 Å². The van der Waals surface area contributed by atoms with E-state index < -0.39 is 11.6 Å². The van der Waals surface area contributed by atoms with E-state index in [2.05, 4.69) is 15.8 Å². The van der Waals surface area contributed by atoms with Crippen LogP contribution in [0.1, 0.15) is 57.4 Å². The van der Waals surface area contributed by atoms with Gasteiger partial charge < -0.3 is 19.9 Å². The van der Waals surface area contributed by atoms with Crippen LogP contribution in [0.15, 0.2) is 65.2 Å². The second kappa shape index (κ2) is 12.2. The fourth-order valence-corrected chi connectivity index (χ4v) is 3.69. The molecule has 1 heterocycles. The fourth-order valence-electron chi connectivity index (χ4n) is 3.69. The van der Waals surface area contributed by atoms with Gasteiger partial charge in [0.15, 0.2) is 5.82 Å². The molecule has 2 aromatic carbocycles. The Labute approximate surface area is 217 Å². The van der Waals surface area contributed by atoms with E-state index in [1.807, 2.05) is 26.8 Å². The van der Waals surface area contributed by atoms with Crippen LogP contribution in [0, 0.1) is 6.92 Å². The quantitative estimate of drug-likeness (QED) is 0.387. The van der Waals surface area contributed by atoms with Gasteiger partial charge in [0.2, 0.25) is 17.7 Å². The maximum atomic E-state index is 13.7. The Bertz CT molecular complexity index is 1200. The summed E-state index contributed by atoms with van der Waals surface area (Å²) >= 11 is 0. The minimum Gasteiger partial charge on any atom is -0.497 e. The van der Waals surface area contributed by atoms with E-state index in [1.54, 1.807) is 68.6 Å². The van der Waals surface area contributed by atoms with Crippen molar-refractivity contribution in [2.75, 3.05) is 17.3 Å². The first kappa shape index (κ1) is 27.4. The van der Waals surface area contributed by atoms with Crippen LogP contribution in [-0.2, 0) is 14.4 Å². The fraction of sp³-hybridized carbons (Fsp3) is 0.357. The van der Waals surface area contributed by atoms with E-state index in [0.29, 0.717) is 29.2 Å². The molecule has 1 aromatic heterocycles. The smallest absolute Gasteiger partial charge is 0.248 e. The molecule has 1 atom stereocenters. The van der Waals surface area contributed by atoms with Crippen molar-refractivity contribution in [1.29, 1.82) is 0 Å². The average molecular weight is 507 g/mol. The summed E-state index contributed by atoms with van der Waals surface area (Å²) in [4.78, 5) is 41.4. The van der Waals surface area contributed by atoms with Crippen LogP contribution in [-0.4, -0.2) is 35.5 Å². The van der Waals surface area contributed by atoms with Crippen LogP contribution in [0.3, 0.4) is 0 Å². The highest BCUT2D eigenvalue weighted by molar-refractivity contribution is 6.03. The van der Waals surface area contributed by atoms with E-state index in [1.165, 1.54) is 4.90 Å². The molecule has 3 aromatic rings. The molecule has 0 saturated heterocycles. The number of aromatic nitrogens is 1. The molecule has 0 spiro atoms. The number of hydrogen-bond acceptors (Lipinski definition) is 6. The van der Waals surface area contributed by atoms with E-state index >= 15 is 0 Å². The van der Waals surface area contributed by atoms with E-state index in [9.17, 15) is 14.4 Å². The molecule has 2 N–H and O–H groups in total. The number of ether oxygens (including phenoxy) is 1. The lowest BCUT2D eigenvalue weighted by atomic mass is 9.98. The van der Waals surface area contributed by atoms with E-state index in [0.717, 1.165) is 0 Å². The molecule has 37 heavy (non-hydrogen) atoms. The molecule has 0 saturated carbocycles. The van der Waals surface area contributed by atoms with Crippen LogP contribution >= 0.6 is 0 Å². The van der Waals surface area contributed by atoms with Crippen molar-refractivity contribution in [3.05, 3.63) is 72.0 Å². The van der Waals surface area contributed by atoms with Gasteiger partial charge in [0, 0.05) is 30.1 Å². The number of anilines is 2. The summed E-state index contributed by atoms with van der Waals surface area (Å²) in [6, 6.07) is 16.6. The first-order valence-electron chi connectivity index (χ1n) is 12.2. The lowest BCUT2D eigenvalue weighted by Gasteiger charge is -2.34. The molecule has 3 rings (SSSR count). The molecule has 0 fully saturated rings. The molecule has 0 aliphatic heterocycles. The van der Waals surface area contributed by atoms with Gasteiger partial charge in [-0.05, 0) is 57.0 Å². The maximum absolute atomic E-state index is 13.7. The van der Waals surface area contributed by atoms with Crippen molar-refractivity contribution in [3.63, 3.8) is 0 Å². The zero-order valence-electron chi connectivity index (χ0n) is 21.9. The summed E-state index contributed by atoms with van der Waals surface area (Å²) < 4.78 is 10.2. The van der Waals surface area contributed by atoms with Crippen LogP contribution in [0.25, 0.3) is 0 Å². The van der Waals surface area contributed by atoms with Gasteiger partial charge in [0.05, 0.1) is 7.11 Å². The largest absolute Gasteiger partial charge is 0.497 e. The molecular weight excluding hydrogens is 472 g/mol. The van der Waals surface area contributed by atoms with Crippen LogP contribution < -0.4 is 20.3 Å². The molecule has 9 heteroatoms. The second-order valence-electron chi connectivity index (χ2n) is 9.37. The van der Waals surface area contributed by atoms with Gasteiger partial charge >= 0.3 is 0 Å². The Morgan fingerprint density at radius 2 is 1.73 bits per heavy atom. The Kier molecular flexibility index (Phi) is 9.05. The lowest BCUT2D eigenvalue weighted by molar-refractivity contribution is -0.128. The van der Waals surface area contributed by atoms with Crippen molar-refractivity contribution in [2.24, 2.45) is 0 Å². The van der Waals surface area contributed by atoms with Crippen LogP contribution in [0.5, 0.6) is 5.75 Å². The second-order valence-corrected chi connectivity index (χ2v) is 9.37. The highest BCUT2D eigenvalue weighted by Crippen LogP contribution is 2.31. The number of amides is 3. The topological polar surface area (TPSA) is 114 Å². The molecule has 196 valence electrons. The zero-order valence-corrected chi connectivity index (χ0v) is 21.9. The van der Waals surface area contributed by atoms with Gasteiger partial charge in [-0.25, -0.2) is 0 Å². The number of carbonyl (C=O) groups excluding carboxylic acids is 3. The number of aryl methyl sites for hydroxylation is 1. The van der Waals surface area contributed by atoms with Gasteiger partial charge in [-0.2, -0.15) is 0 Å². The lowest BCUT2D eigenvalue weighted by Crippen LogP contribution is -2.50. The van der Waals surface area contributed by atoms with Crippen molar-refractivity contribution in [2.45, 2.75) is 58.5 Å². The molecular formula is C28H34N4O5. The molecule has 3 amide bonds. The van der Waals surface area contributed by atoms with Crippen molar-refractivity contribution >= 4 is 29.2 Å². The predicted molar refractivity (Wildman–Crippen MR) is 141 cm³/mol. The van der Waals surface area contributed by atoms with Crippen LogP contribution in [0.2, 0.25) is 0 Å². The normalized spacial score (nSPS) is 11.9. The number of para-hydroxylation sites is 1. The van der Waals surface area contributed by atoms with Gasteiger partial charge in [-0.3, -0.25) is 19.3 Å². The molecule has 1 unspecified atom stereocenters. The third kappa shape index (κ3) is 7.42. The SMILES string of the molecule is CCC(C)(C)NC(=O)C(c1ccc(OC)cc1)N(C(=O)CCC(=O)Nc1cc(C)on1)c1ccccc1. The minimum atomic E-state index is -0.965. The number of benzene rings is 2. The number of nitrogens with zero attached hydrogens (tertiary/aromatic N) is 2. The maximum Gasteiger partial charge on any atom is 0.248 e. The summed E-state index contributed by atoms with van der Waals surface area (Å²) in [7, 11) is 1.56. The Morgan fingerprint density at radius 1 is 1.05 bits per heavy atom. The number of nitrogens with one attached hydrogen (secondary N) is 2. The van der Waals surface area contributed by atoms with Gasteiger partial charge in [0.25, 0.3) is 0 Å².